The summed E-state index contributed by atoms with van der Waals surface area (Å²) in [5, 5.41) is 18.3. The van der Waals surface area contributed by atoms with Crippen LogP contribution in [0.5, 0.6) is 0 Å². The zero-order valence-corrected chi connectivity index (χ0v) is 10.0. The Morgan fingerprint density at radius 3 is 2.71 bits per heavy atom. The largest absolute Gasteiger partial charge is 0.480 e. The Kier molecular flexibility index (Phi) is 4.89. The summed E-state index contributed by atoms with van der Waals surface area (Å²) in [5.74, 6) is -1.27. The number of aliphatic carboxylic acids is 1. The van der Waals surface area contributed by atoms with Gasteiger partial charge < -0.3 is 20.8 Å². The lowest BCUT2D eigenvalue weighted by atomic mass is 10.1. The molecule has 1 rings (SSSR count). The maximum Gasteiger partial charge on any atom is 0.326 e. The van der Waals surface area contributed by atoms with Crippen LogP contribution in [0.1, 0.15) is 32.6 Å². The number of carboxylic acids is 1. The van der Waals surface area contributed by atoms with Crippen LogP contribution in [-0.2, 0) is 9.59 Å². The average molecular weight is 244 g/mol. The number of hydrogen-bond acceptors (Lipinski definition) is 4. The van der Waals surface area contributed by atoms with Crippen LogP contribution < -0.4 is 5.73 Å². The van der Waals surface area contributed by atoms with E-state index in [0.29, 0.717) is 6.42 Å². The fourth-order valence-electron chi connectivity index (χ4n) is 2.04. The SMILES string of the molecule is CC(N)CCCC(=O)N1C[C@@H](O)C[C@H]1C(=O)O. The number of aliphatic hydroxyl groups excluding tert-OH is 1. The summed E-state index contributed by atoms with van der Waals surface area (Å²) in [6, 6.07) is -0.838. The summed E-state index contributed by atoms with van der Waals surface area (Å²) in [6.07, 6.45) is 1.07. The van der Waals surface area contributed by atoms with Gasteiger partial charge in [0.25, 0.3) is 0 Å². The van der Waals surface area contributed by atoms with Gasteiger partial charge in [0.2, 0.25) is 5.91 Å². The highest BCUT2D eigenvalue weighted by Gasteiger charge is 2.38. The van der Waals surface area contributed by atoms with Crippen molar-refractivity contribution >= 4 is 11.9 Å². The van der Waals surface area contributed by atoms with Crippen LogP contribution in [0.15, 0.2) is 0 Å². The van der Waals surface area contributed by atoms with Crippen molar-refractivity contribution in [3.63, 3.8) is 0 Å². The normalized spacial score (nSPS) is 25.9. The molecule has 0 bridgehead atoms. The minimum absolute atomic E-state index is 0.0437. The molecule has 0 aromatic rings. The van der Waals surface area contributed by atoms with E-state index in [1.165, 1.54) is 4.90 Å². The molecule has 0 saturated carbocycles. The molecule has 17 heavy (non-hydrogen) atoms. The number of aliphatic hydroxyl groups is 1. The molecule has 0 aliphatic carbocycles. The van der Waals surface area contributed by atoms with E-state index in [0.717, 1.165) is 6.42 Å². The Bertz CT molecular complexity index is 293. The molecule has 98 valence electrons. The lowest BCUT2D eigenvalue weighted by Crippen LogP contribution is -2.40. The van der Waals surface area contributed by atoms with Gasteiger partial charge in [0, 0.05) is 25.4 Å². The highest BCUT2D eigenvalue weighted by atomic mass is 16.4. The van der Waals surface area contributed by atoms with Crippen molar-refractivity contribution in [2.75, 3.05) is 6.54 Å². The van der Waals surface area contributed by atoms with E-state index in [1.54, 1.807) is 0 Å². The van der Waals surface area contributed by atoms with Crippen LogP contribution in [0.2, 0.25) is 0 Å². The van der Waals surface area contributed by atoms with Crippen molar-refractivity contribution in [1.82, 2.24) is 4.90 Å². The minimum atomic E-state index is -1.05. The first kappa shape index (κ1) is 13.9. The summed E-state index contributed by atoms with van der Waals surface area (Å²) >= 11 is 0. The summed E-state index contributed by atoms with van der Waals surface area (Å²) in [6.45, 7) is 1.98. The monoisotopic (exact) mass is 244 g/mol. The zero-order valence-electron chi connectivity index (χ0n) is 10.0. The number of likely N-dealkylation sites (tertiary alicyclic amines) is 1. The zero-order chi connectivity index (χ0) is 13.0. The molecule has 1 amide bonds. The van der Waals surface area contributed by atoms with Gasteiger partial charge in [0.15, 0.2) is 0 Å². The topological polar surface area (TPSA) is 104 Å². The lowest BCUT2D eigenvalue weighted by Gasteiger charge is -2.21. The molecular weight excluding hydrogens is 224 g/mol. The van der Waals surface area contributed by atoms with Crippen LogP contribution in [0.3, 0.4) is 0 Å². The van der Waals surface area contributed by atoms with Gasteiger partial charge in [-0.15, -0.1) is 0 Å². The molecule has 1 heterocycles. The Morgan fingerprint density at radius 1 is 1.53 bits per heavy atom. The number of carboxylic acid groups (broad SMARTS) is 1. The van der Waals surface area contributed by atoms with E-state index in [1.807, 2.05) is 6.92 Å². The molecule has 1 aliphatic rings. The molecule has 3 atom stereocenters. The molecule has 1 saturated heterocycles. The second-order valence-electron chi connectivity index (χ2n) is 4.66. The number of hydrogen-bond donors (Lipinski definition) is 3. The molecule has 1 unspecified atom stereocenters. The Balaban J connectivity index is 2.47. The fourth-order valence-corrected chi connectivity index (χ4v) is 2.04. The summed E-state index contributed by atoms with van der Waals surface area (Å²) in [7, 11) is 0. The third kappa shape index (κ3) is 3.98. The number of rotatable bonds is 5. The predicted molar refractivity (Wildman–Crippen MR) is 61.3 cm³/mol. The summed E-state index contributed by atoms with van der Waals surface area (Å²) in [4.78, 5) is 24.0. The summed E-state index contributed by atoms with van der Waals surface area (Å²) < 4.78 is 0. The first-order valence-electron chi connectivity index (χ1n) is 5.87. The smallest absolute Gasteiger partial charge is 0.326 e. The Hall–Kier alpha value is -1.14. The molecule has 1 fully saturated rings. The van der Waals surface area contributed by atoms with Gasteiger partial charge in [0.1, 0.15) is 6.04 Å². The van der Waals surface area contributed by atoms with Gasteiger partial charge in [-0.2, -0.15) is 0 Å². The second kappa shape index (κ2) is 5.97. The quantitative estimate of drug-likeness (QED) is 0.607. The van der Waals surface area contributed by atoms with Crippen LogP contribution in [-0.4, -0.2) is 51.7 Å². The van der Waals surface area contributed by atoms with E-state index in [2.05, 4.69) is 0 Å². The van der Waals surface area contributed by atoms with Gasteiger partial charge in [-0.1, -0.05) is 0 Å². The molecule has 0 aromatic heterocycles. The first-order chi connectivity index (χ1) is 7.91. The standard InChI is InChI=1S/C11H20N2O4/c1-7(12)3-2-4-10(15)13-6-8(14)5-9(13)11(16)17/h7-9,14H,2-6,12H2,1H3,(H,16,17)/t7?,8-,9-/m0/s1. The third-order valence-electron chi connectivity index (χ3n) is 2.93. The molecule has 0 spiro atoms. The number of amides is 1. The minimum Gasteiger partial charge on any atom is -0.480 e. The van der Waals surface area contributed by atoms with Gasteiger partial charge >= 0.3 is 5.97 Å². The van der Waals surface area contributed by atoms with Gasteiger partial charge in [-0.05, 0) is 19.8 Å². The fraction of sp³-hybridized carbons (Fsp3) is 0.818. The average Bonchev–Trinajstić information content (AvgIpc) is 2.59. The lowest BCUT2D eigenvalue weighted by molar-refractivity contribution is -0.148. The number of carbonyl (C=O) groups excluding carboxylic acids is 1. The van der Waals surface area contributed by atoms with E-state index in [-0.39, 0.29) is 31.3 Å². The van der Waals surface area contributed by atoms with Crippen molar-refractivity contribution in [3.8, 4) is 0 Å². The van der Waals surface area contributed by atoms with Crippen LogP contribution in [0, 0.1) is 0 Å². The third-order valence-corrected chi connectivity index (χ3v) is 2.93. The van der Waals surface area contributed by atoms with Gasteiger partial charge in [-0.3, -0.25) is 4.79 Å². The van der Waals surface area contributed by atoms with E-state index in [9.17, 15) is 14.7 Å². The van der Waals surface area contributed by atoms with Crippen LogP contribution in [0.25, 0.3) is 0 Å². The maximum atomic E-state index is 11.8. The van der Waals surface area contributed by atoms with Crippen molar-refractivity contribution in [3.05, 3.63) is 0 Å². The molecule has 6 heteroatoms. The Morgan fingerprint density at radius 2 is 2.18 bits per heavy atom. The highest BCUT2D eigenvalue weighted by Crippen LogP contribution is 2.19. The molecule has 0 aromatic carbocycles. The second-order valence-corrected chi connectivity index (χ2v) is 4.66. The van der Waals surface area contributed by atoms with E-state index in [4.69, 9.17) is 10.8 Å². The van der Waals surface area contributed by atoms with Crippen LogP contribution in [0.4, 0.5) is 0 Å². The van der Waals surface area contributed by atoms with E-state index >= 15 is 0 Å². The first-order valence-corrected chi connectivity index (χ1v) is 5.87. The van der Waals surface area contributed by atoms with Crippen LogP contribution >= 0.6 is 0 Å². The van der Waals surface area contributed by atoms with Crippen molar-refractivity contribution < 1.29 is 19.8 Å². The van der Waals surface area contributed by atoms with Gasteiger partial charge in [0.05, 0.1) is 6.10 Å². The number of carbonyl (C=O) groups is 2. The van der Waals surface area contributed by atoms with E-state index < -0.39 is 18.1 Å². The highest BCUT2D eigenvalue weighted by molar-refractivity contribution is 5.84. The number of nitrogens with zero attached hydrogens (tertiary/aromatic N) is 1. The summed E-state index contributed by atoms with van der Waals surface area (Å²) in [5.41, 5.74) is 5.57. The molecule has 6 nitrogen and oxygen atoms in total. The molecule has 1 aliphatic heterocycles. The number of nitrogens with two attached hydrogens (primary N) is 1. The van der Waals surface area contributed by atoms with Crippen molar-refractivity contribution in [1.29, 1.82) is 0 Å². The van der Waals surface area contributed by atoms with Crippen molar-refractivity contribution in [2.24, 2.45) is 5.73 Å². The van der Waals surface area contributed by atoms with Gasteiger partial charge in [-0.25, -0.2) is 4.79 Å². The molecular formula is C11H20N2O4. The Labute approximate surface area is 100 Å². The maximum absolute atomic E-state index is 11.8. The van der Waals surface area contributed by atoms with Crippen molar-refractivity contribution in [2.45, 2.75) is 50.8 Å². The molecule has 4 N–H and O–H groups in total. The number of β-amino-alcohol motifs (C(OH)–C–C–N with tert-alkyl or cyclic N) is 1. The predicted octanol–water partition coefficient (Wildman–Crippen LogP) is -0.450. The molecule has 0 radical (unpaired) electrons.